The highest BCUT2D eigenvalue weighted by molar-refractivity contribution is 7.87. The molecule has 4 aromatic carbocycles. The normalized spacial score (nSPS) is 11.2. The van der Waals surface area contributed by atoms with E-state index in [9.17, 15) is 8.78 Å². The Morgan fingerprint density at radius 2 is 0.857 bits per heavy atom. The lowest BCUT2D eigenvalue weighted by atomic mass is 10.3. The fraction of sp³-hybridized carbons (Fsp3) is 0. The van der Waals surface area contributed by atoms with E-state index in [1.54, 1.807) is 24.3 Å². The van der Waals surface area contributed by atoms with E-state index in [2.05, 4.69) is 24.3 Å². The van der Waals surface area contributed by atoms with Crippen LogP contribution >= 0.6 is 7.05 Å². The molecule has 0 aliphatic rings. The molecule has 0 aromatic heterocycles. The maximum Gasteiger partial charge on any atom is 0.123 e. The summed E-state index contributed by atoms with van der Waals surface area (Å²) in [6, 6.07) is 32.8. The third-order valence-electron chi connectivity index (χ3n) is 4.55. The Hall–Kier alpha value is -3.03. The third kappa shape index (κ3) is 3.54. The average Bonchev–Trinajstić information content (AvgIpc) is 2.75. The molecule has 0 saturated carbocycles. The van der Waals surface area contributed by atoms with Crippen LogP contribution in [0.3, 0.4) is 0 Å². The molecular weight excluding hydrogens is 371 g/mol. The largest absolute Gasteiger partial charge is 0.254 e. The van der Waals surface area contributed by atoms with Crippen LogP contribution in [-0.4, -0.2) is 0 Å². The van der Waals surface area contributed by atoms with Crippen molar-refractivity contribution in [2.45, 2.75) is 0 Å². The molecule has 0 fully saturated rings. The minimum absolute atomic E-state index is 0.287. The van der Waals surface area contributed by atoms with Gasteiger partial charge >= 0.3 is 0 Å². The first-order valence-electron chi connectivity index (χ1n) is 8.94. The summed E-state index contributed by atoms with van der Waals surface area (Å²) in [5.74, 6) is -0.589. The maximum atomic E-state index is 13.7. The topological polar surface area (TPSA) is 12.4 Å². The van der Waals surface area contributed by atoms with Gasteiger partial charge in [-0.1, -0.05) is 60.7 Å². The molecule has 0 bridgehead atoms. The van der Waals surface area contributed by atoms with Crippen LogP contribution in [0.25, 0.3) is 0 Å². The zero-order valence-corrected chi connectivity index (χ0v) is 15.9. The van der Waals surface area contributed by atoms with E-state index in [1.165, 1.54) is 24.3 Å². The van der Waals surface area contributed by atoms with Gasteiger partial charge in [-0.15, -0.1) is 0 Å². The van der Waals surface area contributed by atoms with Crippen LogP contribution in [0.4, 0.5) is 14.5 Å². The standard InChI is InChI=1S/C24H18F2NP/c25-19-11-15-21(16-12-19)27-28(22-7-3-1-4-8-22,23-9-5-2-6-10-23)24-17-13-20(26)14-18-24/h1-18H. The van der Waals surface area contributed by atoms with Gasteiger partial charge < -0.3 is 0 Å². The Morgan fingerprint density at radius 1 is 0.464 bits per heavy atom. The summed E-state index contributed by atoms with van der Waals surface area (Å²) in [5, 5.41) is 3.05. The minimum Gasteiger partial charge on any atom is -0.254 e. The predicted molar refractivity (Wildman–Crippen MR) is 114 cm³/mol. The summed E-state index contributed by atoms with van der Waals surface area (Å²) in [5.41, 5.74) is 0.687. The van der Waals surface area contributed by atoms with Crippen LogP contribution in [0.5, 0.6) is 0 Å². The average molecular weight is 389 g/mol. The van der Waals surface area contributed by atoms with E-state index in [4.69, 9.17) is 4.74 Å². The predicted octanol–water partition coefficient (Wildman–Crippen LogP) is 5.77. The van der Waals surface area contributed by atoms with Gasteiger partial charge in [0.1, 0.15) is 11.6 Å². The highest BCUT2D eigenvalue weighted by atomic mass is 31.2. The maximum absolute atomic E-state index is 13.7. The van der Waals surface area contributed by atoms with E-state index in [0.717, 1.165) is 15.9 Å². The van der Waals surface area contributed by atoms with E-state index in [-0.39, 0.29) is 11.6 Å². The van der Waals surface area contributed by atoms with Crippen molar-refractivity contribution in [2.75, 3.05) is 0 Å². The van der Waals surface area contributed by atoms with Crippen molar-refractivity contribution in [3.05, 3.63) is 121 Å². The molecule has 4 heteroatoms. The van der Waals surface area contributed by atoms with Crippen LogP contribution in [-0.2, 0) is 0 Å². The summed E-state index contributed by atoms with van der Waals surface area (Å²) in [7, 11) is -2.47. The third-order valence-corrected chi connectivity index (χ3v) is 8.22. The van der Waals surface area contributed by atoms with Gasteiger partial charge in [0.2, 0.25) is 0 Å². The van der Waals surface area contributed by atoms with E-state index >= 15 is 0 Å². The Balaban J connectivity index is 2.11. The summed E-state index contributed by atoms with van der Waals surface area (Å²) in [6.07, 6.45) is 0. The van der Waals surface area contributed by atoms with Gasteiger partial charge in [0.15, 0.2) is 0 Å². The fourth-order valence-electron chi connectivity index (χ4n) is 3.25. The minimum atomic E-state index is -2.47. The number of rotatable bonds is 4. The quantitative estimate of drug-likeness (QED) is 0.393. The van der Waals surface area contributed by atoms with Gasteiger partial charge in [-0.2, -0.15) is 0 Å². The lowest BCUT2D eigenvalue weighted by molar-refractivity contribution is 0.627. The van der Waals surface area contributed by atoms with Crippen LogP contribution in [0.2, 0.25) is 0 Å². The molecule has 0 saturated heterocycles. The van der Waals surface area contributed by atoms with Gasteiger partial charge in [0.25, 0.3) is 0 Å². The van der Waals surface area contributed by atoms with E-state index < -0.39 is 7.05 Å². The van der Waals surface area contributed by atoms with Crippen LogP contribution in [0.1, 0.15) is 0 Å². The van der Waals surface area contributed by atoms with Crippen molar-refractivity contribution in [3.8, 4) is 0 Å². The van der Waals surface area contributed by atoms with Crippen molar-refractivity contribution < 1.29 is 8.78 Å². The Morgan fingerprint density at radius 3 is 1.32 bits per heavy atom. The second-order valence-corrected chi connectivity index (χ2v) is 9.38. The molecule has 4 aromatic rings. The highest BCUT2D eigenvalue weighted by Gasteiger charge is 2.27. The van der Waals surface area contributed by atoms with Crippen molar-refractivity contribution in [2.24, 2.45) is 4.74 Å². The number of hydrogen-bond donors (Lipinski definition) is 0. The van der Waals surface area contributed by atoms with Crippen LogP contribution < -0.4 is 15.9 Å². The Bertz CT molecular complexity index is 1060. The first-order chi connectivity index (χ1) is 13.7. The number of halogens is 2. The van der Waals surface area contributed by atoms with Crippen LogP contribution in [0.15, 0.2) is 114 Å². The monoisotopic (exact) mass is 389 g/mol. The summed E-state index contributed by atoms with van der Waals surface area (Å²) >= 11 is 0. The SMILES string of the molecule is Fc1ccc(N=P(c2ccccc2)(c2ccccc2)c2ccc(F)cc2)cc1. The lowest BCUT2D eigenvalue weighted by Crippen LogP contribution is -2.25. The molecule has 0 aliphatic heterocycles. The van der Waals surface area contributed by atoms with Crippen molar-refractivity contribution >= 4 is 28.7 Å². The second kappa shape index (κ2) is 7.92. The smallest absolute Gasteiger partial charge is 0.123 e. The summed E-state index contributed by atoms with van der Waals surface area (Å²) in [6.45, 7) is 0. The van der Waals surface area contributed by atoms with E-state index in [1.807, 2.05) is 36.4 Å². The zero-order valence-electron chi connectivity index (χ0n) is 15.0. The van der Waals surface area contributed by atoms with Gasteiger partial charge in [-0.3, -0.25) is 4.74 Å². The molecule has 4 rings (SSSR count). The first kappa shape index (κ1) is 18.3. The van der Waals surface area contributed by atoms with Gasteiger partial charge in [-0.05, 0) is 48.5 Å². The van der Waals surface area contributed by atoms with Crippen molar-refractivity contribution in [1.29, 1.82) is 0 Å². The molecule has 0 N–H and O–H groups in total. The first-order valence-corrected chi connectivity index (χ1v) is 10.7. The zero-order chi connectivity index (χ0) is 19.4. The molecular formula is C24H18F2NP. The van der Waals surface area contributed by atoms with Crippen molar-refractivity contribution in [3.63, 3.8) is 0 Å². The molecule has 0 spiro atoms. The van der Waals surface area contributed by atoms with Crippen molar-refractivity contribution in [1.82, 2.24) is 0 Å². The fourth-order valence-corrected chi connectivity index (χ4v) is 6.75. The number of hydrogen-bond acceptors (Lipinski definition) is 1. The van der Waals surface area contributed by atoms with Gasteiger partial charge in [0, 0.05) is 15.9 Å². The number of nitrogens with zero attached hydrogens (tertiary/aromatic N) is 1. The Labute approximate surface area is 163 Å². The molecule has 0 atom stereocenters. The summed E-state index contributed by atoms with van der Waals surface area (Å²) < 4.78 is 32.3. The van der Waals surface area contributed by atoms with Gasteiger partial charge in [0.05, 0.1) is 12.7 Å². The molecule has 0 amide bonds. The highest BCUT2D eigenvalue weighted by Crippen LogP contribution is 2.49. The van der Waals surface area contributed by atoms with E-state index in [0.29, 0.717) is 5.69 Å². The second-order valence-electron chi connectivity index (χ2n) is 6.36. The number of benzene rings is 4. The lowest BCUT2D eigenvalue weighted by Gasteiger charge is -2.27. The van der Waals surface area contributed by atoms with Gasteiger partial charge in [-0.25, -0.2) is 8.78 Å². The molecule has 138 valence electrons. The molecule has 0 unspecified atom stereocenters. The molecule has 1 nitrogen and oxygen atoms in total. The summed E-state index contributed by atoms with van der Waals surface area (Å²) in [4.78, 5) is 0. The molecule has 0 heterocycles. The molecule has 28 heavy (non-hydrogen) atoms. The molecule has 0 aliphatic carbocycles. The van der Waals surface area contributed by atoms with Crippen LogP contribution in [0, 0.1) is 11.6 Å². The molecule has 0 radical (unpaired) electrons. The Kier molecular flexibility index (Phi) is 5.18.